The van der Waals surface area contributed by atoms with Crippen molar-refractivity contribution in [1.29, 1.82) is 0 Å². The highest BCUT2D eigenvalue weighted by atomic mass is 16.7. The van der Waals surface area contributed by atoms with Gasteiger partial charge < -0.3 is 24.1 Å². The molecule has 0 atom stereocenters. The summed E-state index contributed by atoms with van der Waals surface area (Å²) in [5, 5.41) is 16.4. The molecule has 70 valence electrons. The fourth-order valence-corrected chi connectivity index (χ4v) is 0.611. The molecule has 1 aromatic rings. The van der Waals surface area contributed by atoms with Crippen LogP contribution >= 0.6 is 0 Å². The molecule has 13 heavy (non-hydrogen) atoms. The van der Waals surface area contributed by atoms with Crippen molar-refractivity contribution in [3.63, 3.8) is 0 Å². The first kappa shape index (κ1) is 8.91. The third-order valence-corrected chi connectivity index (χ3v) is 0.988. The molecular formula is C6H4O7. The van der Waals surface area contributed by atoms with Gasteiger partial charge in [-0.25, -0.2) is 9.59 Å². The molecule has 0 fully saturated rings. The Bertz CT molecular complexity index is 295. The molecule has 1 aromatic heterocycles. The highest BCUT2D eigenvalue weighted by Crippen LogP contribution is 2.28. The normalized spacial score (nSPS) is 9.23. The van der Waals surface area contributed by atoms with Gasteiger partial charge in [-0.1, -0.05) is 0 Å². The van der Waals surface area contributed by atoms with Crippen molar-refractivity contribution >= 4 is 12.3 Å². The van der Waals surface area contributed by atoms with Crippen molar-refractivity contribution in [2.75, 3.05) is 0 Å². The molecule has 0 bridgehead atoms. The number of rotatable bonds is 2. The summed E-state index contributed by atoms with van der Waals surface area (Å²) in [5.74, 6) is -0.621. The maximum absolute atomic E-state index is 10.0. The minimum Gasteiger partial charge on any atom is -0.465 e. The smallest absolute Gasteiger partial charge is 0.465 e. The Kier molecular flexibility index (Phi) is 2.38. The zero-order valence-electron chi connectivity index (χ0n) is 6.09. The van der Waals surface area contributed by atoms with E-state index in [1.54, 1.807) is 0 Å². The number of carboxylic acid groups (broad SMARTS) is 2. The lowest BCUT2D eigenvalue weighted by molar-refractivity contribution is 0.133. The van der Waals surface area contributed by atoms with Gasteiger partial charge >= 0.3 is 12.3 Å². The SMILES string of the molecule is O=C(O)Oc1cocc1OC(=O)O. The number of carbonyl (C=O) groups is 2. The van der Waals surface area contributed by atoms with Crippen molar-refractivity contribution in [2.24, 2.45) is 0 Å². The van der Waals surface area contributed by atoms with Crippen LogP contribution in [0.25, 0.3) is 0 Å². The first-order valence-electron chi connectivity index (χ1n) is 2.97. The summed E-state index contributed by atoms with van der Waals surface area (Å²) in [4.78, 5) is 20.1. The average Bonchev–Trinajstić information content (AvgIpc) is 2.34. The Balaban J connectivity index is 2.76. The molecule has 0 aliphatic heterocycles. The number of hydrogen-bond donors (Lipinski definition) is 2. The van der Waals surface area contributed by atoms with E-state index < -0.39 is 12.3 Å². The van der Waals surface area contributed by atoms with Crippen LogP contribution in [0.1, 0.15) is 0 Å². The Morgan fingerprint density at radius 3 is 1.77 bits per heavy atom. The summed E-state index contributed by atoms with van der Waals surface area (Å²) < 4.78 is 12.7. The van der Waals surface area contributed by atoms with E-state index in [4.69, 9.17) is 10.2 Å². The summed E-state index contributed by atoms with van der Waals surface area (Å²) in [5.41, 5.74) is 0. The third-order valence-electron chi connectivity index (χ3n) is 0.988. The summed E-state index contributed by atoms with van der Waals surface area (Å²) >= 11 is 0. The van der Waals surface area contributed by atoms with E-state index in [2.05, 4.69) is 13.9 Å². The van der Waals surface area contributed by atoms with Crippen molar-refractivity contribution in [1.82, 2.24) is 0 Å². The van der Waals surface area contributed by atoms with E-state index >= 15 is 0 Å². The average molecular weight is 188 g/mol. The standard InChI is InChI=1S/C6H4O7/c7-5(8)12-3-1-11-2-4(3)13-6(9)10/h1-2H,(H,7,8)(H,9,10). The quantitative estimate of drug-likeness (QED) is 0.675. The molecule has 0 aromatic carbocycles. The van der Waals surface area contributed by atoms with E-state index in [9.17, 15) is 9.59 Å². The molecule has 2 N–H and O–H groups in total. The summed E-state index contributed by atoms with van der Waals surface area (Å²) in [6.45, 7) is 0. The van der Waals surface area contributed by atoms with Gasteiger partial charge in [-0.2, -0.15) is 0 Å². The van der Waals surface area contributed by atoms with Gasteiger partial charge in [0.25, 0.3) is 0 Å². The predicted octanol–water partition coefficient (Wildman–Crippen LogP) is 1.39. The van der Waals surface area contributed by atoms with E-state index in [1.165, 1.54) is 0 Å². The van der Waals surface area contributed by atoms with Crippen LogP contribution in [0.5, 0.6) is 11.5 Å². The molecule has 7 heteroatoms. The van der Waals surface area contributed by atoms with Gasteiger partial charge in [-0.05, 0) is 0 Å². The number of furan rings is 1. The molecule has 0 aliphatic carbocycles. The largest absolute Gasteiger partial charge is 0.511 e. The lowest BCUT2D eigenvalue weighted by Crippen LogP contribution is -2.06. The second-order valence-electron chi connectivity index (χ2n) is 1.84. The molecule has 0 spiro atoms. The molecule has 0 saturated carbocycles. The Labute approximate surface area is 71.1 Å². The van der Waals surface area contributed by atoms with Crippen LogP contribution in [0.2, 0.25) is 0 Å². The van der Waals surface area contributed by atoms with E-state index in [-0.39, 0.29) is 11.5 Å². The van der Waals surface area contributed by atoms with Crippen molar-refractivity contribution in [3.8, 4) is 11.5 Å². The summed E-state index contributed by atoms with van der Waals surface area (Å²) in [6.07, 6.45) is -1.35. The molecule has 1 rings (SSSR count). The maximum atomic E-state index is 10.0. The first-order chi connectivity index (χ1) is 6.09. The van der Waals surface area contributed by atoms with Gasteiger partial charge in [0.1, 0.15) is 12.5 Å². The molecular weight excluding hydrogens is 184 g/mol. The first-order valence-corrected chi connectivity index (χ1v) is 2.97. The highest BCUT2D eigenvalue weighted by Gasteiger charge is 2.14. The second-order valence-corrected chi connectivity index (χ2v) is 1.84. The zero-order valence-corrected chi connectivity index (χ0v) is 6.09. The van der Waals surface area contributed by atoms with Gasteiger partial charge in [0, 0.05) is 0 Å². The highest BCUT2D eigenvalue weighted by molar-refractivity contribution is 5.66. The van der Waals surface area contributed by atoms with Crippen LogP contribution in [0.4, 0.5) is 9.59 Å². The van der Waals surface area contributed by atoms with Crippen molar-refractivity contribution in [3.05, 3.63) is 12.5 Å². The fourth-order valence-electron chi connectivity index (χ4n) is 0.611. The Hall–Kier alpha value is -2.18. The molecule has 1 heterocycles. The Morgan fingerprint density at radius 1 is 1.08 bits per heavy atom. The van der Waals surface area contributed by atoms with Crippen LogP contribution < -0.4 is 9.47 Å². The summed E-state index contributed by atoms with van der Waals surface area (Å²) in [6, 6.07) is 0. The lowest BCUT2D eigenvalue weighted by Gasteiger charge is -1.98. The van der Waals surface area contributed by atoms with Crippen LogP contribution in [0.15, 0.2) is 16.9 Å². The van der Waals surface area contributed by atoms with Crippen LogP contribution in [-0.2, 0) is 0 Å². The minimum atomic E-state index is -1.59. The fraction of sp³-hybridized carbons (Fsp3) is 0. The van der Waals surface area contributed by atoms with Gasteiger partial charge in [-0.15, -0.1) is 0 Å². The second kappa shape index (κ2) is 3.48. The van der Waals surface area contributed by atoms with E-state index in [0.29, 0.717) is 0 Å². The van der Waals surface area contributed by atoms with Gasteiger partial charge in [0.05, 0.1) is 0 Å². The molecule has 0 aliphatic rings. The van der Waals surface area contributed by atoms with E-state index in [1.807, 2.05) is 0 Å². The maximum Gasteiger partial charge on any atom is 0.511 e. The van der Waals surface area contributed by atoms with Gasteiger partial charge in [0.15, 0.2) is 0 Å². The minimum absolute atomic E-state index is 0.310. The number of hydrogen-bond acceptors (Lipinski definition) is 5. The molecule has 0 radical (unpaired) electrons. The van der Waals surface area contributed by atoms with Gasteiger partial charge in [0.2, 0.25) is 11.5 Å². The zero-order chi connectivity index (χ0) is 9.84. The Morgan fingerprint density at radius 2 is 1.46 bits per heavy atom. The lowest BCUT2D eigenvalue weighted by atomic mass is 10.5. The topological polar surface area (TPSA) is 106 Å². The molecule has 0 amide bonds. The van der Waals surface area contributed by atoms with Crippen LogP contribution in [0.3, 0.4) is 0 Å². The molecule has 0 saturated heterocycles. The summed E-state index contributed by atoms with van der Waals surface area (Å²) in [7, 11) is 0. The van der Waals surface area contributed by atoms with Gasteiger partial charge in [-0.3, -0.25) is 0 Å². The van der Waals surface area contributed by atoms with Crippen LogP contribution in [0, 0.1) is 0 Å². The number of ether oxygens (including phenoxy) is 2. The van der Waals surface area contributed by atoms with Crippen LogP contribution in [-0.4, -0.2) is 22.5 Å². The van der Waals surface area contributed by atoms with Crippen molar-refractivity contribution < 1.29 is 33.7 Å². The third kappa shape index (κ3) is 2.40. The monoisotopic (exact) mass is 188 g/mol. The predicted molar refractivity (Wildman–Crippen MR) is 36.0 cm³/mol. The molecule has 0 unspecified atom stereocenters. The van der Waals surface area contributed by atoms with E-state index in [0.717, 1.165) is 12.5 Å². The molecule has 7 nitrogen and oxygen atoms in total. The van der Waals surface area contributed by atoms with Crippen molar-refractivity contribution in [2.45, 2.75) is 0 Å².